The average Bonchev–Trinajstić information content (AvgIpc) is 1.39. The third-order valence-electron chi connectivity index (χ3n) is 0. The Kier molecular flexibility index (Phi) is 99.4. The minimum Gasteiger partial charge on any atom is -0.227 e. The lowest BCUT2D eigenvalue weighted by molar-refractivity contribution is 1.42. The lowest BCUT2D eigenvalue weighted by Crippen LogP contribution is -1.37. The van der Waals surface area contributed by atoms with Gasteiger partial charge in [0.2, 0.25) is 0 Å². The Morgan fingerprint density at radius 1 is 1.83 bits per heavy atom. The van der Waals surface area contributed by atoms with E-state index in [1.807, 2.05) is 0 Å². The van der Waals surface area contributed by atoms with E-state index in [1.165, 1.54) is 4.91 Å². The molecule has 30 valence electrons. The van der Waals surface area contributed by atoms with E-state index >= 15 is 0 Å². The van der Waals surface area contributed by atoms with E-state index in [-0.39, 0.29) is 0 Å². The van der Waals surface area contributed by atoms with E-state index in [2.05, 4.69) is 0 Å². The predicted octanol–water partition coefficient (Wildman–Crippen LogP) is -0.153. The summed E-state index contributed by atoms with van der Waals surface area (Å²) in [5, 5.41) is 6.99. The van der Waals surface area contributed by atoms with E-state index in [9.17, 15) is 0 Å². The van der Waals surface area contributed by atoms with Crippen molar-refractivity contribution in [2.75, 3.05) is 0 Å². The second kappa shape index (κ2) is 67.6. The normalized spacial score (nSPS) is 2.50. The molecule has 0 aliphatic carbocycles. The first-order chi connectivity index (χ1) is 2.83. The fourth-order valence-electron chi connectivity index (χ4n) is 0. The molecule has 0 heterocycles. The van der Waals surface area contributed by atoms with Crippen molar-refractivity contribution in [1.82, 2.24) is 11.3 Å². The molecule has 0 atom stereocenters. The summed E-state index contributed by atoms with van der Waals surface area (Å²) in [5.74, 6) is 0. The maximum absolute atomic E-state index is 6.99. The molecule has 0 aromatic carbocycles. The molecule has 1 N–H and O–H groups in total. The van der Waals surface area contributed by atoms with Crippen LogP contribution in [0.15, 0.2) is 0 Å². The van der Waals surface area contributed by atoms with Crippen molar-refractivity contribution in [1.29, 1.82) is 5.26 Å². The maximum Gasteiger partial charge on any atom is 0.197 e. The zero-order valence-corrected chi connectivity index (χ0v) is 2.79. The highest BCUT2D eigenvalue weighted by Gasteiger charge is 1.17. The van der Waals surface area contributed by atoms with Crippen LogP contribution >= 0.6 is 0 Å². The highest BCUT2D eigenvalue weighted by molar-refractivity contribution is 4.44. The molecule has 0 bridgehead atoms. The van der Waals surface area contributed by atoms with E-state index < -0.39 is 0 Å². The monoisotopic (exact) mass is 83.0 g/mol. The summed E-state index contributed by atoms with van der Waals surface area (Å²) in [4.78, 5) is 1.50. The molecule has 0 spiro atoms. The van der Waals surface area contributed by atoms with E-state index in [4.69, 9.17) is 22.1 Å². The molecule has 0 rings (SSSR count). The van der Waals surface area contributed by atoms with E-state index in [0.717, 1.165) is 6.19 Å². The van der Waals surface area contributed by atoms with Crippen LogP contribution in [0.5, 0.6) is 0 Å². The second-order valence-corrected chi connectivity index (χ2v) is 0.201. The standard InChI is InChI=1S/CHN2.N3/c2-1-3;1-3-2/h2H;. The molecule has 0 aliphatic rings. The molecule has 0 aliphatic heterocycles. The van der Waals surface area contributed by atoms with Crippen LogP contribution < -0.4 is 11.3 Å². The van der Waals surface area contributed by atoms with Crippen molar-refractivity contribution in [3.63, 3.8) is 0 Å². The molecule has 0 saturated heterocycles. The fourth-order valence-corrected chi connectivity index (χ4v) is 0. The lowest BCUT2D eigenvalue weighted by Gasteiger charge is -1.18. The van der Waals surface area contributed by atoms with Crippen LogP contribution in [0.3, 0.4) is 0 Å². The smallest absolute Gasteiger partial charge is 0.197 e. The second-order valence-electron chi connectivity index (χ2n) is 0.201. The summed E-state index contributed by atoms with van der Waals surface area (Å²) in [5.41, 5.74) is 19.0. The van der Waals surface area contributed by atoms with Crippen LogP contribution in [0.2, 0.25) is 0 Å². The zero-order valence-electron chi connectivity index (χ0n) is 2.79. The Balaban J connectivity index is 0. The van der Waals surface area contributed by atoms with Gasteiger partial charge in [-0.25, -0.2) is 5.73 Å². The Hall–Kier alpha value is -1.40. The van der Waals surface area contributed by atoms with Crippen LogP contribution in [0.4, 0.5) is 0 Å². The Bertz CT molecular complexity index is 70.4. The van der Waals surface area contributed by atoms with Crippen LogP contribution in [0.25, 0.3) is 10.4 Å². The van der Waals surface area contributed by atoms with Gasteiger partial charge in [-0.3, -0.25) is 0 Å². The van der Waals surface area contributed by atoms with Crippen molar-refractivity contribution >= 4 is 0 Å². The number of nitriles is 1. The van der Waals surface area contributed by atoms with Crippen LogP contribution in [0, 0.1) is 11.5 Å². The fraction of sp³-hybridized carbons (Fsp3) is 0. The van der Waals surface area contributed by atoms with Crippen molar-refractivity contribution in [2.24, 2.45) is 0 Å². The lowest BCUT2D eigenvalue weighted by atomic mass is 11.5. The molecule has 2 radical (unpaired) electrons. The molecule has 0 fully saturated rings. The van der Waals surface area contributed by atoms with Gasteiger partial charge in [0.25, 0.3) is 0 Å². The summed E-state index contributed by atoms with van der Waals surface area (Å²) < 4.78 is 0. The molecule has 0 aromatic heterocycles. The molecule has 0 saturated carbocycles. The quantitative estimate of drug-likeness (QED) is 0.172. The first kappa shape index (κ1) is 8.82. The van der Waals surface area contributed by atoms with Gasteiger partial charge in [-0.15, -0.1) is 0 Å². The molecule has 0 unspecified atom stereocenters. The van der Waals surface area contributed by atoms with Crippen molar-refractivity contribution in [2.45, 2.75) is 0 Å². The average molecular weight is 83.1 g/mol. The van der Waals surface area contributed by atoms with Gasteiger partial charge >= 0.3 is 0 Å². The predicted molar refractivity (Wildman–Crippen MR) is 17.6 cm³/mol. The molecule has 0 amide bonds. The number of nitrogens with zero attached hydrogens (tertiary/aromatic N) is 4. The SMILES string of the molecule is N#C[NH].[N]=[N+]=[N-]. The molecular weight excluding hydrogens is 82.0 g/mol. The third kappa shape index (κ3) is 3.40. The topological polar surface area (TPSA) is 106 Å². The highest BCUT2D eigenvalue weighted by atomic mass is 15.0. The Labute approximate surface area is 34.4 Å². The van der Waals surface area contributed by atoms with Gasteiger partial charge in [-0.1, -0.05) is 0 Å². The van der Waals surface area contributed by atoms with Crippen molar-refractivity contribution in [3.8, 4) is 6.19 Å². The molecule has 5 nitrogen and oxygen atoms in total. The van der Waals surface area contributed by atoms with Gasteiger partial charge in [-0.2, -0.15) is 5.26 Å². The highest BCUT2D eigenvalue weighted by Crippen LogP contribution is 1.16. The molecular formula is CHN5. The largest absolute Gasteiger partial charge is 0.227 e. The first-order valence-electron chi connectivity index (χ1n) is 0.874. The third-order valence-corrected chi connectivity index (χ3v) is 0. The molecule has 6 heavy (non-hydrogen) atoms. The van der Waals surface area contributed by atoms with Gasteiger partial charge in [0.15, 0.2) is 6.19 Å². The Morgan fingerprint density at radius 2 is 1.83 bits per heavy atom. The van der Waals surface area contributed by atoms with Crippen molar-refractivity contribution < 1.29 is 0 Å². The number of nitrogens with one attached hydrogen (secondary N) is 1. The van der Waals surface area contributed by atoms with Crippen LogP contribution in [-0.4, -0.2) is 0 Å². The van der Waals surface area contributed by atoms with Gasteiger partial charge in [0.1, 0.15) is 0 Å². The van der Waals surface area contributed by atoms with E-state index in [0.29, 0.717) is 0 Å². The van der Waals surface area contributed by atoms with E-state index in [1.54, 1.807) is 0 Å². The summed E-state index contributed by atoms with van der Waals surface area (Å²) in [6, 6.07) is 0. The molecule has 5 heteroatoms. The minimum atomic E-state index is 1.00. The maximum atomic E-state index is 6.99. The number of hydrogen-bond donors (Lipinski definition) is 0. The van der Waals surface area contributed by atoms with Crippen LogP contribution in [-0.2, 0) is 0 Å². The van der Waals surface area contributed by atoms with Gasteiger partial charge in [-0.05, 0) is 11.1 Å². The first-order valence-corrected chi connectivity index (χ1v) is 0.874. The molecule has 0 aromatic rings. The van der Waals surface area contributed by atoms with Gasteiger partial charge in [0, 0.05) is 4.91 Å². The summed E-state index contributed by atoms with van der Waals surface area (Å²) in [6.07, 6.45) is 1.00. The van der Waals surface area contributed by atoms with Gasteiger partial charge < -0.3 is 0 Å². The van der Waals surface area contributed by atoms with Crippen LogP contribution in [0.1, 0.15) is 0 Å². The Morgan fingerprint density at radius 3 is 1.83 bits per heavy atom. The number of hydrogen-bond acceptors (Lipinski definition) is 1. The summed E-state index contributed by atoms with van der Waals surface area (Å²) in [6.45, 7) is 0. The summed E-state index contributed by atoms with van der Waals surface area (Å²) >= 11 is 0. The summed E-state index contributed by atoms with van der Waals surface area (Å²) in [7, 11) is 0. The van der Waals surface area contributed by atoms with Crippen molar-refractivity contribution in [3.05, 3.63) is 10.4 Å². The van der Waals surface area contributed by atoms with Gasteiger partial charge in [0.05, 0.1) is 0 Å². The minimum absolute atomic E-state index is 1.00. The zero-order chi connectivity index (χ0) is 5.41. The number of rotatable bonds is 0.